The van der Waals surface area contributed by atoms with Crippen LogP contribution in [-0.2, 0) is 16.6 Å². The molecule has 0 fully saturated rings. The van der Waals surface area contributed by atoms with Gasteiger partial charge in [0.2, 0.25) is 16.8 Å². The molecule has 5 rings (SSSR count). The number of aromatic nitrogens is 4. The summed E-state index contributed by atoms with van der Waals surface area (Å²) in [5.41, 5.74) is 4.47. The molecule has 3 heterocycles. The third kappa shape index (κ3) is 4.25. The van der Waals surface area contributed by atoms with Crippen LogP contribution in [0.2, 0.25) is 0 Å². The first kappa shape index (κ1) is 22.1. The van der Waals surface area contributed by atoms with Crippen LogP contribution in [0.15, 0.2) is 59.5 Å². The fraction of sp³-hybridized carbons (Fsp3) is 0.208. The summed E-state index contributed by atoms with van der Waals surface area (Å²) in [5.74, 6) is 1.86. The van der Waals surface area contributed by atoms with E-state index in [1.165, 1.54) is 0 Å². The second kappa shape index (κ2) is 8.54. The van der Waals surface area contributed by atoms with Crippen molar-refractivity contribution >= 4 is 10.0 Å². The van der Waals surface area contributed by atoms with Crippen LogP contribution in [0.25, 0.3) is 17.1 Å². The fourth-order valence-corrected chi connectivity index (χ4v) is 5.10. The van der Waals surface area contributed by atoms with Gasteiger partial charge >= 0.3 is 0 Å². The molecule has 4 aromatic rings. The third-order valence-electron chi connectivity index (χ3n) is 5.55. The van der Waals surface area contributed by atoms with E-state index in [0.717, 1.165) is 17.0 Å². The Hall–Kier alpha value is -3.76. The van der Waals surface area contributed by atoms with Gasteiger partial charge in [-0.2, -0.15) is 5.10 Å². The Labute approximate surface area is 197 Å². The molecule has 0 atom stereocenters. The van der Waals surface area contributed by atoms with Gasteiger partial charge in [-0.1, -0.05) is 18.2 Å². The summed E-state index contributed by atoms with van der Waals surface area (Å²) < 4.78 is 41.3. The van der Waals surface area contributed by atoms with Gasteiger partial charge in [-0.25, -0.2) is 17.8 Å². The van der Waals surface area contributed by atoms with Gasteiger partial charge < -0.3 is 9.47 Å². The van der Waals surface area contributed by atoms with E-state index in [0.29, 0.717) is 34.1 Å². The minimum absolute atomic E-state index is 0.125. The van der Waals surface area contributed by atoms with Crippen LogP contribution >= 0.6 is 0 Å². The Bertz CT molecular complexity index is 1480. The van der Waals surface area contributed by atoms with Gasteiger partial charge in [0.15, 0.2) is 17.3 Å². The number of nitrogens with one attached hydrogen (secondary N) is 1. The summed E-state index contributed by atoms with van der Waals surface area (Å²) in [6, 6.07) is 16.1. The van der Waals surface area contributed by atoms with E-state index >= 15 is 0 Å². The number of benzene rings is 2. The monoisotopic (exact) mass is 477 g/mol. The number of hydrogen-bond donors (Lipinski definition) is 1. The van der Waals surface area contributed by atoms with Crippen LogP contribution in [-0.4, -0.2) is 35.2 Å². The highest BCUT2D eigenvalue weighted by Crippen LogP contribution is 2.32. The number of aryl methyl sites for hydroxylation is 3. The lowest BCUT2D eigenvalue weighted by molar-refractivity contribution is 0.174. The second-order valence-corrected chi connectivity index (χ2v) is 9.84. The van der Waals surface area contributed by atoms with E-state index < -0.39 is 10.0 Å². The van der Waals surface area contributed by atoms with E-state index in [4.69, 9.17) is 9.47 Å². The van der Waals surface area contributed by atoms with E-state index in [1.54, 1.807) is 48.0 Å². The molecule has 0 amide bonds. The van der Waals surface area contributed by atoms with Crippen molar-refractivity contribution in [3.05, 3.63) is 77.1 Å². The van der Waals surface area contributed by atoms with Crippen molar-refractivity contribution in [3.63, 3.8) is 0 Å². The van der Waals surface area contributed by atoms with E-state index in [1.807, 2.05) is 32.0 Å². The number of nitrogens with zero attached hydrogens (tertiary/aromatic N) is 4. The minimum atomic E-state index is -3.77. The lowest BCUT2D eigenvalue weighted by Gasteiger charge is -2.12. The molecule has 1 aliphatic rings. The Kier molecular flexibility index (Phi) is 5.54. The van der Waals surface area contributed by atoms with E-state index in [2.05, 4.69) is 20.0 Å². The van der Waals surface area contributed by atoms with Crippen molar-refractivity contribution in [2.75, 3.05) is 6.79 Å². The first-order valence-corrected chi connectivity index (χ1v) is 12.1. The largest absolute Gasteiger partial charge is 0.454 e. The molecule has 2 aromatic carbocycles. The topological polar surface area (TPSA) is 108 Å². The van der Waals surface area contributed by atoms with E-state index in [9.17, 15) is 8.42 Å². The molecule has 9 nitrogen and oxygen atoms in total. The van der Waals surface area contributed by atoms with Crippen LogP contribution in [0.1, 0.15) is 22.5 Å². The van der Waals surface area contributed by atoms with Gasteiger partial charge in [0.1, 0.15) is 0 Å². The highest BCUT2D eigenvalue weighted by Gasteiger charge is 2.19. The normalized spacial score (nSPS) is 12.8. The molecule has 2 aromatic heterocycles. The van der Waals surface area contributed by atoms with Crippen LogP contribution in [0.3, 0.4) is 0 Å². The van der Waals surface area contributed by atoms with Crippen molar-refractivity contribution in [2.24, 2.45) is 0 Å². The first-order valence-electron chi connectivity index (χ1n) is 10.7. The number of ether oxygens (including phenoxy) is 2. The van der Waals surface area contributed by atoms with Crippen molar-refractivity contribution < 1.29 is 17.9 Å². The lowest BCUT2D eigenvalue weighted by atomic mass is 10.1. The summed E-state index contributed by atoms with van der Waals surface area (Å²) in [4.78, 5) is 0.190. The molecule has 0 saturated heterocycles. The maximum Gasteiger partial charge on any atom is 0.241 e. The van der Waals surface area contributed by atoms with Gasteiger partial charge in [-0.15, -0.1) is 10.2 Å². The standard InChI is InChI=1S/C24H23N5O4S/c1-15-4-6-19(20-7-9-24(27-26-20)29-17(3)10-16(2)28-29)12-23(15)34(30,31)25-13-18-5-8-21-22(11-18)33-14-32-21/h4-12,25H,13-14H2,1-3H3. The average Bonchev–Trinajstić information content (AvgIpc) is 3.43. The summed E-state index contributed by atoms with van der Waals surface area (Å²) in [5, 5.41) is 13.0. The van der Waals surface area contributed by atoms with Crippen LogP contribution in [0.4, 0.5) is 0 Å². The molecule has 0 radical (unpaired) electrons. The Morgan fingerprint density at radius 1 is 0.941 bits per heavy atom. The number of hydrogen-bond acceptors (Lipinski definition) is 7. The Balaban J connectivity index is 1.38. The summed E-state index contributed by atoms with van der Waals surface area (Å²) in [6.07, 6.45) is 0. The van der Waals surface area contributed by atoms with Crippen molar-refractivity contribution in [3.8, 4) is 28.6 Å². The molecule has 0 spiro atoms. The third-order valence-corrected chi connectivity index (χ3v) is 7.10. The van der Waals surface area contributed by atoms with Crippen LogP contribution in [0.5, 0.6) is 11.5 Å². The zero-order chi connectivity index (χ0) is 23.9. The molecule has 1 aliphatic heterocycles. The van der Waals surface area contributed by atoms with Crippen molar-refractivity contribution in [1.29, 1.82) is 0 Å². The molecule has 1 N–H and O–H groups in total. The molecule has 10 heteroatoms. The highest BCUT2D eigenvalue weighted by molar-refractivity contribution is 7.89. The van der Waals surface area contributed by atoms with Gasteiger partial charge in [0.05, 0.1) is 16.3 Å². The average molecular weight is 478 g/mol. The summed E-state index contributed by atoms with van der Waals surface area (Å²) in [7, 11) is -3.77. The predicted octanol–water partition coefficient (Wildman–Crippen LogP) is 3.46. The number of fused-ring (bicyclic) bond motifs is 1. The summed E-state index contributed by atoms with van der Waals surface area (Å²) in [6.45, 7) is 5.92. The van der Waals surface area contributed by atoms with Gasteiger partial charge in [-0.3, -0.25) is 0 Å². The molecule has 174 valence electrons. The van der Waals surface area contributed by atoms with Crippen LogP contribution < -0.4 is 14.2 Å². The van der Waals surface area contributed by atoms with Crippen molar-refractivity contribution in [1.82, 2.24) is 24.7 Å². The molecule has 0 saturated carbocycles. The van der Waals surface area contributed by atoms with Gasteiger partial charge in [-0.05, 0) is 68.3 Å². The molecule has 0 bridgehead atoms. The Morgan fingerprint density at radius 2 is 1.76 bits per heavy atom. The molecular weight excluding hydrogens is 454 g/mol. The molecule has 0 unspecified atom stereocenters. The van der Waals surface area contributed by atoms with Crippen molar-refractivity contribution in [2.45, 2.75) is 32.2 Å². The number of sulfonamides is 1. The highest BCUT2D eigenvalue weighted by atomic mass is 32.2. The maximum absolute atomic E-state index is 13.1. The smallest absolute Gasteiger partial charge is 0.241 e. The zero-order valence-electron chi connectivity index (χ0n) is 18.9. The SMILES string of the molecule is Cc1cc(C)n(-c2ccc(-c3ccc(C)c(S(=O)(=O)NCc4ccc5c(c4)OCO5)c3)nn2)n1. The quantitative estimate of drug-likeness (QED) is 0.453. The molecule has 0 aliphatic carbocycles. The molecule has 34 heavy (non-hydrogen) atoms. The number of rotatable bonds is 6. The molecular formula is C24H23N5O4S. The summed E-state index contributed by atoms with van der Waals surface area (Å²) >= 11 is 0. The predicted molar refractivity (Wildman–Crippen MR) is 125 cm³/mol. The van der Waals surface area contributed by atoms with Crippen LogP contribution in [0, 0.1) is 20.8 Å². The first-order chi connectivity index (χ1) is 16.3. The van der Waals surface area contributed by atoms with Gasteiger partial charge in [0.25, 0.3) is 0 Å². The second-order valence-electron chi connectivity index (χ2n) is 8.11. The fourth-order valence-electron chi connectivity index (χ4n) is 3.81. The zero-order valence-corrected chi connectivity index (χ0v) is 19.8. The lowest BCUT2D eigenvalue weighted by Crippen LogP contribution is -2.24. The minimum Gasteiger partial charge on any atom is -0.454 e. The van der Waals surface area contributed by atoms with E-state index in [-0.39, 0.29) is 18.2 Å². The maximum atomic E-state index is 13.1. The Morgan fingerprint density at radius 3 is 2.50 bits per heavy atom. The van der Waals surface area contributed by atoms with Gasteiger partial charge in [0, 0.05) is 17.8 Å².